The molecule has 0 aliphatic heterocycles. The third-order valence-electron chi connectivity index (χ3n) is 2.01. The molecule has 1 aromatic rings. The van der Waals surface area contributed by atoms with Crippen LogP contribution in [0.1, 0.15) is 6.92 Å². The van der Waals surface area contributed by atoms with Crippen LogP contribution in [0.5, 0.6) is 0 Å². The fourth-order valence-corrected chi connectivity index (χ4v) is 1.21. The summed E-state index contributed by atoms with van der Waals surface area (Å²) >= 11 is 0. The second-order valence-electron chi connectivity index (χ2n) is 3.43. The van der Waals surface area contributed by atoms with Gasteiger partial charge in [-0.3, -0.25) is 0 Å². The van der Waals surface area contributed by atoms with Crippen molar-refractivity contribution in [2.45, 2.75) is 13.5 Å². The number of aromatic nitrogens is 1. The summed E-state index contributed by atoms with van der Waals surface area (Å²) in [5.74, 6) is -0.208. The van der Waals surface area contributed by atoms with Gasteiger partial charge in [0.05, 0.1) is 6.61 Å². The number of pyridine rings is 1. The summed E-state index contributed by atoms with van der Waals surface area (Å²) in [7, 11) is 3.95. The molecule has 0 fully saturated rings. The normalized spacial score (nSPS) is 9.19. The molecule has 0 aliphatic carbocycles. The molecular formula is C11H17BrN2O2. The summed E-state index contributed by atoms with van der Waals surface area (Å²) in [6.07, 6.45) is 3.73. The Morgan fingerprint density at radius 3 is 2.38 bits per heavy atom. The summed E-state index contributed by atoms with van der Waals surface area (Å²) in [4.78, 5) is 13.2. The minimum atomic E-state index is -0.208. The highest BCUT2D eigenvalue weighted by Gasteiger charge is 2.09. The summed E-state index contributed by atoms with van der Waals surface area (Å²) in [5.41, 5.74) is 1.11. The summed E-state index contributed by atoms with van der Waals surface area (Å²) in [6, 6.07) is 3.92. The molecule has 4 nitrogen and oxygen atoms in total. The predicted molar refractivity (Wildman–Crippen MR) is 57.6 cm³/mol. The monoisotopic (exact) mass is 288 g/mol. The van der Waals surface area contributed by atoms with E-state index in [2.05, 4.69) is 0 Å². The lowest BCUT2D eigenvalue weighted by Gasteiger charge is -2.10. The molecule has 0 amide bonds. The Balaban J connectivity index is 0.00000225. The number of halogens is 1. The minimum absolute atomic E-state index is 0. The van der Waals surface area contributed by atoms with Crippen LogP contribution in [-0.2, 0) is 16.1 Å². The van der Waals surface area contributed by atoms with Crippen LogP contribution in [0.3, 0.4) is 0 Å². The van der Waals surface area contributed by atoms with Crippen LogP contribution < -0.4 is 26.4 Å². The van der Waals surface area contributed by atoms with Crippen molar-refractivity contribution in [3.8, 4) is 0 Å². The molecule has 90 valence electrons. The number of nitrogens with zero attached hydrogens (tertiary/aromatic N) is 2. The van der Waals surface area contributed by atoms with Gasteiger partial charge in [0.15, 0.2) is 12.4 Å². The molecule has 0 aliphatic rings. The second kappa shape index (κ2) is 7.22. The Kier molecular flexibility index (Phi) is 6.72. The van der Waals surface area contributed by atoms with Crippen LogP contribution >= 0.6 is 0 Å². The maximum atomic E-state index is 11.2. The molecule has 0 saturated heterocycles. The number of carbonyl (C=O) groups is 1. The van der Waals surface area contributed by atoms with Gasteiger partial charge < -0.3 is 26.6 Å². The van der Waals surface area contributed by atoms with Crippen LogP contribution in [-0.4, -0.2) is 26.7 Å². The fraction of sp³-hybridized carbons (Fsp3) is 0.455. The Hall–Kier alpha value is -1.10. The molecule has 0 spiro atoms. The van der Waals surface area contributed by atoms with Crippen LogP contribution in [0, 0.1) is 0 Å². The highest BCUT2D eigenvalue weighted by atomic mass is 79.9. The fourth-order valence-electron chi connectivity index (χ4n) is 1.21. The number of ether oxygens (including phenoxy) is 1. The highest BCUT2D eigenvalue weighted by molar-refractivity contribution is 5.67. The summed E-state index contributed by atoms with van der Waals surface area (Å²) in [6.45, 7) is 2.49. The molecule has 1 heterocycles. The van der Waals surface area contributed by atoms with Gasteiger partial charge in [-0.2, -0.15) is 4.57 Å². The molecule has 0 aromatic carbocycles. The molecular weight excluding hydrogens is 272 g/mol. The van der Waals surface area contributed by atoms with Gasteiger partial charge in [0, 0.05) is 31.9 Å². The first kappa shape index (κ1) is 14.9. The SMILES string of the molecule is CCOC(=O)C[n+]1ccc(N(C)C)cc1.[Br-]. The van der Waals surface area contributed by atoms with Gasteiger partial charge in [-0.05, 0) is 6.92 Å². The van der Waals surface area contributed by atoms with Crippen molar-refractivity contribution < 1.29 is 31.1 Å². The smallest absolute Gasteiger partial charge is 0.372 e. The number of carbonyl (C=O) groups excluding carboxylic acids is 1. The van der Waals surface area contributed by atoms with Gasteiger partial charge in [-0.15, -0.1) is 0 Å². The topological polar surface area (TPSA) is 33.4 Å². The van der Waals surface area contributed by atoms with Gasteiger partial charge in [-0.25, -0.2) is 4.79 Å². The zero-order valence-corrected chi connectivity index (χ0v) is 11.4. The van der Waals surface area contributed by atoms with E-state index in [1.807, 2.05) is 43.5 Å². The van der Waals surface area contributed by atoms with E-state index in [1.165, 1.54) is 0 Å². The number of esters is 1. The van der Waals surface area contributed by atoms with E-state index in [0.717, 1.165) is 5.69 Å². The lowest BCUT2D eigenvalue weighted by atomic mass is 10.4. The van der Waals surface area contributed by atoms with Gasteiger partial charge >= 0.3 is 5.97 Å². The zero-order valence-electron chi connectivity index (χ0n) is 9.81. The van der Waals surface area contributed by atoms with Gasteiger partial charge in [0.1, 0.15) is 0 Å². The van der Waals surface area contributed by atoms with Gasteiger partial charge in [-0.1, -0.05) is 0 Å². The number of anilines is 1. The lowest BCUT2D eigenvalue weighted by molar-refractivity contribution is -0.685. The quantitative estimate of drug-likeness (QED) is 0.458. The number of rotatable bonds is 4. The van der Waals surface area contributed by atoms with Crippen molar-refractivity contribution in [1.82, 2.24) is 0 Å². The van der Waals surface area contributed by atoms with E-state index in [0.29, 0.717) is 6.61 Å². The van der Waals surface area contributed by atoms with E-state index in [1.54, 1.807) is 11.5 Å². The second-order valence-corrected chi connectivity index (χ2v) is 3.43. The molecule has 0 radical (unpaired) electrons. The molecule has 0 bridgehead atoms. The van der Waals surface area contributed by atoms with Crippen molar-refractivity contribution in [3.63, 3.8) is 0 Å². The zero-order chi connectivity index (χ0) is 11.3. The van der Waals surface area contributed by atoms with E-state index in [-0.39, 0.29) is 29.5 Å². The van der Waals surface area contributed by atoms with Gasteiger partial charge in [0.25, 0.3) is 0 Å². The summed E-state index contributed by atoms with van der Waals surface area (Å²) in [5, 5.41) is 0. The van der Waals surface area contributed by atoms with Crippen LogP contribution in [0.15, 0.2) is 24.5 Å². The molecule has 1 rings (SSSR count). The van der Waals surface area contributed by atoms with Crippen LogP contribution in [0.25, 0.3) is 0 Å². The third kappa shape index (κ3) is 4.61. The third-order valence-corrected chi connectivity index (χ3v) is 2.01. The van der Waals surface area contributed by atoms with Crippen molar-refractivity contribution >= 4 is 11.7 Å². The van der Waals surface area contributed by atoms with E-state index in [9.17, 15) is 4.79 Å². The van der Waals surface area contributed by atoms with Crippen LogP contribution in [0.2, 0.25) is 0 Å². The standard InChI is InChI=1S/C11H17N2O2.BrH/c1-4-15-11(14)9-13-7-5-10(6-8-13)12(2)3;/h5-8H,4,9H2,1-3H3;1H/q+1;/p-1. The molecule has 0 saturated carbocycles. The summed E-state index contributed by atoms with van der Waals surface area (Å²) < 4.78 is 6.65. The van der Waals surface area contributed by atoms with Crippen LogP contribution in [0.4, 0.5) is 5.69 Å². The maximum absolute atomic E-state index is 11.2. The van der Waals surface area contributed by atoms with Crippen molar-refractivity contribution in [2.75, 3.05) is 25.6 Å². The average molecular weight is 289 g/mol. The Morgan fingerprint density at radius 1 is 1.38 bits per heavy atom. The van der Waals surface area contributed by atoms with Crippen molar-refractivity contribution in [1.29, 1.82) is 0 Å². The lowest BCUT2D eigenvalue weighted by Crippen LogP contribution is -3.00. The molecule has 0 unspecified atom stereocenters. The van der Waals surface area contributed by atoms with E-state index in [4.69, 9.17) is 4.74 Å². The minimum Gasteiger partial charge on any atom is -1.00 e. The average Bonchev–Trinajstić information content (AvgIpc) is 2.18. The molecule has 16 heavy (non-hydrogen) atoms. The first-order valence-corrected chi connectivity index (χ1v) is 4.95. The Labute approximate surface area is 107 Å². The highest BCUT2D eigenvalue weighted by Crippen LogP contribution is 2.05. The van der Waals surface area contributed by atoms with E-state index < -0.39 is 0 Å². The Bertz CT molecular complexity index is 325. The molecule has 0 N–H and O–H groups in total. The number of hydrogen-bond donors (Lipinski definition) is 0. The Morgan fingerprint density at radius 2 is 1.94 bits per heavy atom. The maximum Gasteiger partial charge on any atom is 0.372 e. The molecule has 5 heteroatoms. The number of hydrogen-bond acceptors (Lipinski definition) is 3. The predicted octanol–water partition coefficient (Wildman–Crippen LogP) is -2.39. The first-order chi connectivity index (χ1) is 7.13. The van der Waals surface area contributed by atoms with Gasteiger partial charge in [0.2, 0.25) is 6.54 Å². The molecule has 1 aromatic heterocycles. The van der Waals surface area contributed by atoms with Crippen molar-refractivity contribution in [2.24, 2.45) is 0 Å². The first-order valence-electron chi connectivity index (χ1n) is 4.95. The van der Waals surface area contributed by atoms with E-state index >= 15 is 0 Å². The largest absolute Gasteiger partial charge is 1.00 e. The van der Waals surface area contributed by atoms with Crippen molar-refractivity contribution in [3.05, 3.63) is 24.5 Å². The molecule has 0 atom stereocenters.